The Morgan fingerprint density at radius 2 is 1.85 bits per heavy atom. The molecule has 3 rings (SSSR count). The lowest BCUT2D eigenvalue weighted by atomic mass is 10.1. The second-order valence-electron chi connectivity index (χ2n) is 6.21. The Morgan fingerprint density at radius 3 is 2.52 bits per heavy atom. The monoisotopic (exact) mass is 367 g/mol. The summed E-state index contributed by atoms with van der Waals surface area (Å²) < 4.78 is 5.73. The highest BCUT2D eigenvalue weighted by Crippen LogP contribution is 2.34. The molecule has 1 atom stereocenters. The van der Waals surface area contributed by atoms with Crippen LogP contribution < -0.4 is 20.7 Å². The van der Waals surface area contributed by atoms with Crippen LogP contribution >= 0.6 is 0 Å². The van der Waals surface area contributed by atoms with Crippen molar-refractivity contribution in [2.75, 3.05) is 16.8 Å². The number of amides is 3. The first-order valence-corrected chi connectivity index (χ1v) is 8.76. The maximum atomic E-state index is 12.6. The number of carbonyl (C=O) groups excluding carboxylic acids is 3. The smallest absolute Gasteiger partial charge is 0.268 e. The zero-order valence-electron chi connectivity index (χ0n) is 15.0. The summed E-state index contributed by atoms with van der Waals surface area (Å²) in [6, 6.07) is 13.6. The Kier molecular flexibility index (Phi) is 5.40. The normalized spacial score (nSPS) is 15.7. The highest BCUT2D eigenvalue weighted by atomic mass is 16.5. The maximum absolute atomic E-state index is 12.6. The number of ether oxygens (including phenoxy) is 1. The van der Waals surface area contributed by atoms with Crippen molar-refractivity contribution in [2.24, 2.45) is 5.73 Å². The molecule has 0 radical (unpaired) electrons. The molecule has 1 unspecified atom stereocenters. The van der Waals surface area contributed by atoms with E-state index in [1.165, 1.54) is 0 Å². The fourth-order valence-corrected chi connectivity index (χ4v) is 2.92. The van der Waals surface area contributed by atoms with Crippen molar-refractivity contribution < 1.29 is 19.1 Å². The topological polar surface area (TPSA) is 102 Å². The number of carbonyl (C=O) groups is 3. The Bertz CT molecular complexity index is 864. The van der Waals surface area contributed by atoms with Gasteiger partial charge in [0.15, 0.2) is 6.10 Å². The molecule has 3 N–H and O–H groups in total. The SMILES string of the molecule is CCC1Oc2ccccc2N(CCC(=O)Nc2ccc(C(N)=O)cc2)C1=O. The molecule has 2 aromatic carbocycles. The van der Waals surface area contributed by atoms with E-state index < -0.39 is 12.0 Å². The van der Waals surface area contributed by atoms with Gasteiger partial charge in [-0.05, 0) is 42.8 Å². The van der Waals surface area contributed by atoms with Crippen LogP contribution in [0.2, 0.25) is 0 Å². The summed E-state index contributed by atoms with van der Waals surface area (Å²) >= 11 is 0. The predicted molar refractivity (Wildman–Crippen MR) is 102 cm³/mol. The van der Waals surface area contributed by atoms with Gasteiger partial charge in [-0.1, -0.05) is 19.1 Å². The number of nitrogens with zero attached hydrogens (tertiary/aromatic N) is 1. The van der Waals surface area contributed by atoms with E-state index in [9.17, 15) is 14.4 Å². The number of rotatable bonds is 6. The van der Waals surface area contributed by atoms with Gasteiger partial charge in [-0.3, -0.25) is 14.4 Å². The standard InChI is InChI=1S/C20H21N3O4/c1-2-16-20(26)23(15-5-3-4-6-17(15)27-16)12-11-18(24)22-14-9-7-13(8-10-14)19(21)25/h3-10,16H,2,11-12H2,1H3,(H2,21,25)(H,22,24). The van der Waals surface area contributed by atoms with Crippen LogP contribution in [-0.4, -0.2) is 30.4 Å². The highest BCUT2D eigenvalue weighted by molar-refractivity contribution is 6.01. The van der Waals surface area contributed by atoms with E-state index in [1.54, 1.807) is 35.2 Å². The van der Waals surface area contributed by atoms with E-state index in [-0.39, 0.29) is 24.8 Å². The summed E-state index contributed by atoms with van der Waals surface area (Å²) in [4.78, 5) is 37.6. The Hall–Kier alpha value is -3.35. The van der Waals surface area contributed by atoms with Crippen molar-refractivity contribution in [3.05, 3.63) is 54.1 Å². The number of anilines is 2. The molecule has 0 aromatic heterocycles. The number of hydrogen-bond acceptors (Lipinski definition) is 4. The Balaban J connectivity index is 1.65. The largest absolute Gasteiger partial charge is 0.478 e. The molecule has 140 valence electrons. The third-order valence-electron chi connectivity index (χ3n) is 4.35. The Labute approximate surface area is 157 Å². The quantitative estimate of drug-likeness (QED) is 0.818. The number of benzene rings is 2. The molecule has 0 fully saturated rings. The van der Waals surface area contributed by atoms with Crippen LogP contribution in [-0.2, 0) is 9.59 Å². The van der Waals surface area contributed by atoms with Crippen molar-refractivity contribution in [1.29, 1.82) is 0 Å². The molecule has 1 aliphatic heterocycles. The molecule has 0 aliphatic carbocycles. The van der Waals surface area contributed by atoms with Crippen LogP contribution in [0.3, 0.4) is 0 Å². The van der Waals surface area contributed by atoms with Crippen molar-refractivity contribution in [1.82, 2.24) is 0 Å². The first-order chi connectivity index (χ1) is 13.0. The molecule has 3 amide bonds. The van der Waals surface area contributed by atoms with Crippen molar-refractivity contribution >= 4 is 29.1 Å². The molecular formula is C20H21N3O4. The molecule has 0 saturated carbocycles. The number of hydrogen-bond donors (Lipinski definition) is 2. The van der Waals surface area contributed by atoms with Gasteiger partial charge in [0.25, 0.3) is 5.91 Å². The number of para-hydroxylation sites is 2. The minimum atomic E-state index is -0.538. The van der Waals surface area contributed by atoms with Crippen LogP contribution in [0.4, 0.5) is 11.4 Å². The van der Waals surface area contributed by atoms with Gasteiger partial charge in [-0.15, -0.1) is 0 Å². The van der Waals surface area contributed by atoms with E-state index in [0.29, 0.717) is 29.1 Å². The molecule has 27 heavy (non-hydrogen) atoms. The maximum Gasteiger partial charge on any atom is 0.268 e. The number of primary amides is 1. The van der Waals surface area contributed by atoms with Gasteiger partial charge in [0.2, 0.25) is 11.8 Å². The summed E-state index contributed by atoms with van der Waals surface area (Å²) in [7, 11) is 0. The summed E-state index contributed by atoms with van der Waals surface area (Å²) in [6.07, 6.45) is 0.153. The van der Waals surface area contributed by atoms with Crippen LogP contribution in [0.5, 0.6) is 5.75 Å². The van der Waals surface area contributed by atoms with E-state index in [1.807, 2.05) is 25.1 Å². The van der Waals surface area contributed by atoms with Crippen LogP contribution in [0.15, 0.2) is 48.5 Å². The Morgan fingerprint density at radius 1 is 1.15 bits per heavy atom. The zero-order valence-corrected chi connectivity index (χ0v) is 15.0. The third kappa shape index (κ3) is 4.08. The van der Waals surface area contributed by atoms with Crippen molar-refractivity contribution in [3.63, 3.8) is 0 Å². The van der Waals surface area contributed by atoms with Gasteiger partial charge in [0.05, 0.1) is 5.69 Å². The van der Waals surface area contributed by atoms with Crippen LogP contribution in [0.25, 0.3) is 0 Å². The number of nitrogens with two attached hydrogens (primary N) is 1. The van der Waals surface area contributed by atoms with Gasteiger partial charge in [0, 0.05) is 24.2 Å². The summed E-state index contributed by atoms with van der Waals surface area (Å²) in [5, 5.41) is 2.75. The van der Waals surface area contributed by atoms with E-state index in [0.717, 1.165) is 0 Å². The fourth-order valence-electron chi connectivity index (χ4n) is 2.92. The third-order valence-corrected chi connectivity index (χ3v) is 4.35. The number of fused-ring (bicyclic) bond motifs is 1. The lowest BCUT2D eigenvalue weighted by Crippen LogP contribution is -2.46. The molecule has 7 heteroatoms. The first kappa shape index (κ1) is 18.4. The van der Waals surface area contributed by atoms with Gasteiger partial charge in [-0.2, -0.15) is 0 Å². The first-order valence-electron chi connectivity index (χ1n) is 8.76. The van der Waals surface area contributed by atoms with Gasteiger partial charge in [0.1, 0.15) is 5.75 Å². The summed E-state index contributed by atoms with van der Waals surface area (Å²) in [6.45, 7) is 2.14. The van der Waals surface area contributed by atoms with Crippen LogP contribution in [0.1, 0.15) is 30.1 Å². The fraction of sp³-hybridized carbons (Fsp3) is 0.250. The lowest BCUT2D eigenvalue weighted by Gasteiger charge is -2.33. The lowest BCUT2D eigenvalue weighted by molar-refractivity contribution is -0.126. The molecule has 0 spiro atoms. The molecular weight excluding hydrogens is 346 g/mol. The van der Waals surface area contributed by atoms with Gasteiger partial charge >= 0.3 is 0 Å². The molecule has 1 heterocycles. The zero-order chi connectivity index (χ0) is 19.4. The van der Waals surface area contributed by atoms with Crippen LogP contribution in [0, 0.1) is 0 Å². The average Bonchev–Trinajstić information content (AvgIpc) is 2.67. The number of nitrogens with one attached hydrogen (secondary N) is 1. The highest BCUT2D eigenvalue weighted by Gasteiger charge is 2.33. The minimum absolute atomic E-state index is 0.133. The van der Waals surface area contributed by atoms with Gasteiger partial charge < -0.3 is 20.7 Å². The predicted octanol–water partition coefficient (Wildman–Crippen LogP) is 2.32. The molecule has 2 aromatic rings. The second-order valence-corrected chi connectivity index (χ2v) is 6.21. The molecule has 0 saturated heterocycles. The van der Waals surface area contributed by atoms with E-state index in [4.69, 9.17) is 10.5 Å². The van der Waals surface area contributed by atoms with E-state index >= 15 is 0 Å². The van der Waals surface area contributed by atoms with E-state index in [2.05, 4.69) is 5.32 Å². The molecule has 1 aliphatic rings. The average molecular weight is 367 g/mol. The molecule has 7 nitrogen and oxygen atoms in total. The summed E-state index contributed by atoms with van der Waals surface area (Å²) in [5.41, 5.74) is 6.80. The van der Waals surface area contributed by atoms with Gasteiger partial charge in [-0.25, -0.2) is 0 Å². The summed E-state index contributed by atoms with van der Waals surface area (Å²) in [5.74, 6) is -0.254. The minimum Gasteiger partial charge on any atom is -0.478 e. The van der Waals surface area contributed by atoms with Crippen molar-refractivity contribution in [2.45, 2.75) is 25.9 Å². The van der Waals surface area contributed by atoms with Crippen molar-refractivity contribution in [3.8, 4) is 5.75 Å². The molecule has 0 bridgehead atoms. The second kappa shape index (κ2) is 7.90.